The van der Waals surface area contributed by atoms with Gasteiger partial charge in [0.1, 0.15) is 30.1 Å². The minimum absolute atomic E-state index is 0.00326. The van der Waals surface area contributed by atoms with Gasteiger partial charge in [-0.25, -0.2) is 4.68 Å². The van der Waals surface area contributed by atoms with Crippen LogP contribution in [0, 0.1) is 35.5 Å². The fourth-order valence-electron chi connectivity index (χ4n) is 12.7. The van der Waals surface area contributed by atoms with Gasteiger partial charge in [0.25, 0.3) is 0 Å². The van der Waals surface area contributed by atoms with Crippen molar-refractivity contribution in [1.82, 2.24) is 19.9 Å². The molecule has 17 atom stereocenters. The van der Waals surface area contributed by atoms with Gasteiger partial charge in [0.15, 0.2) is 18.4 Å². The smallest absolute Gasteiger partial charge is 0.306 e. The van der Waals surface area contributed by atoms with E-state index < -0.39 is 36.6 Å². The highest BCUT2D eigenvalue weighted by Gasteiger charge is 2.55. The summed E-state index contributed by atoms with van der Waals surface area (Å²) < 4.78 is 52.7. The number of hydrogen-bond donors (Lipinski definition) is 0. The fourth-order valence-corrected chi connectivity index (χ4v) is 12.7. The molecule has 14 heteroatoms. The van der Waals surface area contributed by atoms with Crippen molar-refractivity contribution in [2.75, 3.05) is 35.4 Å². The second kappa shape index (κ2) is 21.7. The molecule has 0 spiro atoms. The van der Waals surface area contributed by atoms with Gasteiger partial charge in [-0.2, -0.15) is 0 Å². The molecule has 4 unspecified atom stereocenters. The zero-order valence-corrected chi connectivity index (χ0v) is 42.0. The summed E-state index contributed by atoms with van der Waals surface area (Å²) in [7, 11) is 9.14. The van der Waals surface area contributed by atoms with E-state index >= 15 is 4.79 Å². The van der Waals surface area contributed by atoms with Crippen LogP contribution < -0.4 is 0 Å². The Morgan fingerprint density at radius 1 is 0.754 bits per heavy atom. The number of nitrogens with zero attached hydrogens (tertiary/aromatic N) is 4. The Hall–Kier alpha value is -4.12. The number of ketones is 1. The number of rotatable bonds is 12. The number of Topliss-reactive ketones (excluding diaryl/α,β-unsaturated/α-hetero) is 1. The number of likely N-dealkylation sites (N-methyl/N-ethyl adjacent to an activating group) is 1. The van der Waals surface area contributed by atoms with Crippen LogP contribution in [-0.4, -0.2) is 135 Å². The fraction of sp³-hybridized carbons (Fsp3) is 0.636. The van der Waals surface area contributed by atoms with Gasteiger partial charge in [-0.1, -0.05) is 85.8 Å². The number of fused-ring (bicyclic) bond motifs is 5. The van der Waals surface area contributed by atoms with Crippen molar-refractivity contribution >= 4 is 17.4 Å². The van der Waals surface area contributed by atoms with Crippen molar-refractivity contribution in [1.29, 1.82) is 0 Å². The first-order valence-corrected chi connectivity index (χ1v) is 25.5. The Balaban J connectivity index is 1.05. The molecule has 1 saturated carbocycles. The number of allylic oxidation sites excluding steroid dienone is 4. The van der Waals surface area contributed by atoms with E-state index in [4.69, 9.17) is 48.2 Å². The van der Waals surface area contributed by atoms with Crippen LogP contribution in [0.25, 0.3) is 28.1 Å². The van der Waals surface area contributed by atoms with E-state index in [0.29, 0.717) is 43.7 Å². The normalized spacial score (nSPS) is 37.4. The van der Waals surface area contributed by atoms with E-state index in [1.807, 2.05) is 42.9 Å². The Labute approximate surface area is 408 Å². The second-order valence-electron chi connectivity index (χ2n) is 20.6. The molecule has 0 bridgehead atoms. The Morgan fingerprint density at radius 2 is 1.48 bits per heavy atom. The lowest BCUT2D eigenvalue weighted by atomic mass is 9.69. The van der Waals surface area contributed by atoms with Crippen molar-refractivity contribution in [3.05, 3.63) is 78.5 Å². The molecule has 4 heterocycles. The topological polar surface area (TPSA) is 142 Å². The average Bonchev–Trinajstić information content (AvgIpc) is 4.10. The summed E-state index contributed by atoms with van der Waals surface area (Å²) >= 11 is 0. The van der Waals surface area contributed by atoms with Gasteiger partial charge >= 0.3 is 5.97 Å². The lowest BCUT2D eigenvalue weighted by molar-refractivity contribution is -0.314. The van der Waals surface area contributed by atoms with Crippen molar-refractivity contribution < 1.29 is 47.5 Å². The summed E-state index contributed by atoms with van der Waals surface area (Å²) in [5, 5.41) is 9.52. The van der Waals surface area contributed by atoms with Crippen LogP contribution in [0.4, 0.5) is 0 Å². The minimum atomic E-state index is -0.700. The van der Waals surface area contributed by atoms with Crippen LogP contribution in [-0.2, 0) is 47.5 Å². The number of carbonyl (C=O) groups is 2. The third kappa shape index (κ3) is 10.3. The van der Waals surface area contributed by atoms with E-state index in [-0.39, 0.29) is 78.5 Å². The van der Waals surface area contributed by atoms with E-state index in [2.05, 4.69) is 81.4 Å². The number of methoxy groups -OCH3 is 3. The summed E-state index contributed by atoms with van der Waals surface area (Å²) in [5.74, 6) is -1.27. The molecule has 0 radical (unpaired) electrons. The van der Waals surface area contributed by atoms with Gasteiger partial charge < -0.3 is 42.8 Å². The van der Waals surface area contributed by atoms with Gasteiger partial charge in [-0.3, -0.25) is 9.59 Å². The van der Waals surface area contributed by atoms with Crippen molar-refractivity contribution in [2.24, 2.45) is 35.5 Å². The molecule has 69 heavy (non-hydrogen) atoms. The largest absolute Gasteiger partial charge is 0.462 e. The second-order valence-corrected chi connectivity index (χ2v) is 20.6. The van der Waals surface area contributed by atoms with Gasteiger partial charge in [0, 0.05) is 56.4 Å². The number of aromatic nitrogens is 3. The molecule has 3 aromatic rings. The highest BCUT2D eigenvalue weighted by Crippen LogP contribution is 2.57. The van der Waals surface area contributed by atoms with Gasteiger partial charge in [-0.05, 0) is 114 Å². The summed E-state index contributed by atoms with van der Waals surface area (Å²) in [6.07, 6.45) is 9.05. The van der Waals surface area contributed by atoms with Crippen LogP contribution in [0.2, 0.25) is 0 Å². The molecule has 3 aliphatic heterocycles. The lowest BCUT2D eigenvalue weighted by Crippen LogP contribution is -2.59. The quantitative estimate of drug-likeness (QED) is 0.161. The maximum absolute atomic E-state index is 15.3. The summed E-state index contributed by atoms with van der Waals surface area (Å²) in [5.41, 5.74) is 5.65. The monoisotopic (exact) mass is 951 g/mol. The summed E-state index contributed by atoms with van der Waals surface area (Å²) in [6, 6.07) is 19.0. The third-order valence-corrected chi connectivity index (χ3v) is 16.4. The molecule has 374 valence electrons. The van der Waals surface area contributed by atoms with Crippen molar-refractivity contribution in [3.63, 3.8) is 0 Å². The van der Waals surface area contributed by atoms with Crippen LogP contribution in [0.1, 0.15) is 85.5 Å². The molecule has 2 aromatic carbocycles. The third-order valence-electron chi connectivity index (χ3n) is 16.4. The molecular weight excluding hydrogens is 877 g/mol. The lowest BCUT2D eigenvalue weighted by Gasteiger charge is -2.44. The minimum Gasteiger partial charge on any atom is -0.462 e. The van der Waals surface area contributed by atoms with Crippen molar-refractivity contribution in [3.8, 4) is 22.4 Å². The van der Waals surface area contributed by atoms with Gasteiger partial charge in [-0.15, -0.1) is 5.10 Å². The molecule has 0 N–H and O–H groups in total. The number of esters is 1. The zero-order chi connectivity index (χ0) is 48.5. The molecule has 3 aliphatic carbocycles. The number of carbonyl (C=O) groups excluding carboxylic acids is 2. The molecule has 6 aliphatic rings. The standard InChI is InChI=1S/C55H74N4O10/c1-10-37-17-14-18-48(69-50-24-23-46(58(5)6)32(3)65-50)31(2)51(61)44-27-40-39-25-38(68-55-54(64-9)53(63-8)52(62-7)33(4)66-55)26-43(39)47(28-41(40)42(44)29-49(60)67-37)59-30-45(56-57-59)36-21-19-35(20-22-36)34-15-12-11-13-16-34/h11-13,15-16,19-22,27-28,30-33,37-43,46,48,50,52-55H,10,14,17-18,23-26,29H2,1-9H3/t31-,32?,33?,37+,38+,39+,40+,41-,42+,43-,46+,48+,50+,52+,53?,54?,55+/m1/s1. The first-order valence-electron chi connectivity index (χ1n) is 25.5. The molecule has 0 amide bonds. The number of cyclic esters (lactones) is 1. The Bertz CT molecular complexity index is 2280. The first-order chi connectivity index (χ1) is 33.4. The number of hydrogen-bond acceptors (Lipinski definition) is 13. The van der Waals surface area contributed by atoms with Gasteiger partial charge in [0.05, 0.1) is 37.0 Å². The van der Waals surface area contributed by atoms with Crippen LogP contribution in [0.15, 0.2) is 78.5 Å². The van der Waals surface area contributed by atoms with Crippen LogP contribution in [0.3, 0.4) is 0 Å². The maximum Gasteiger partial charge on any atom is 0.306 e. The summed E-state index contributed by atoms with van der Waals surface area (Å²) in [4.78, 5) is 31.6. The number of benzene rings is 2. The predicted molar refractivity (Wildman–Crippen MR) is 260 cm³/mol. The van der Waals surface area contributed by atoms with E-state index in [1.54, 1.807) is 21.3 Å². The molecular formula is C55H74N4O10. The Morgan fingerprint density at radius 3 is 2.17 bits per heavy atom. The molecule has 9 rings (SSSR count). The van der Waals surface area contributed by atoms with E-state index in [1.165, 1.54) is 0 Å². The van der Waals surface area contributed by atoms with Crippen LogP contribution in [0.5, 0.6) is 0 Å². The van der Waals surface area contributed by atoms with E-state index in [0.717, 1.165) is 47.3 Å². The zero-order valence-electron chi connectivity index (χ0n) is 42.0. The van der Waals surface area contributed by atoms with Gasteiger partial charge in [0.2, 0.25) is 0 Å². The van der Waals surface area contributed by atoms with Crippen molar-refractivity contribution in [2.45, 2.75) is 153 Å². The highest BCUT2D eigenvalue weighted by atomic mass is 16.7. The molecule has 4 fully saturated rings. The number of ether oxygens (including phenoxy) is 8. The van der Waals surface area contributed by atoms with Crippen LogP contribution >= 0.6 is 0 Å². The maximum atomic E-state index is 15.3. The predicted octanol–water partition coefficient (Wildman–Crippen LogP) is 8.40. The average molecular weight is 951 g/mol. The molecule has 3 saturated heterocycles. The highest BCUT2D eigenvalue weighted by molar-refractivity contribution is 5.99. The summed E-state index contributed by atoms with van der Waals surface area (Å²) in [6.45, 7) is 8.15. The van der Waals surface area contributed by atoms with E-state index in [9.17, 15) is 4.79 Å². The first kappa shape index (κ1) is 49.8. The SMILES string of the molecule is CC[C@H]1CCC[C@H](O[C@H]2CC[C@H](N(C)C)C(C)O2)[C@@H](C)C(=O)C2=C[C@@H]3[C@@H](C=C(n4cc(-c5ccc(-c6ccccc6)cc5)nn4)[C@@H]4C[C@@H](O[C@@H]5OC(C)[C@H](OC)C(OC)C5OC)C[C@@H]34)[C@@H]2CC(=O)O1. The molecule has 14 nitrogen and oxygen atoms in total. The Kier molecular flexibility index (Phi) is 15.7. The molecule has 1 aromatic heterocycles.